The van der Waals surface area contributed by atoms with Gasteiger partial charge in [-0.25, -0.2) is 4.98 Å². The van der Waals surface area contributed by atoms with Gasteiger partial charge in [0, 0.05) is 22.7 Å². The van der Waals surface area contributed by atoms with Crippen LogP contribution in [0.15, 0.2) is 22.0 Å². The average molecular weight is 340 g/mol. The summed E-state index contributed by atoms with van der Waals surface area (Å²) in [6, 6.07) is 4.11. The number of ether oxygens (including phenoxy) is 1. The van der Waals surface area contributed by atoms with Crippen LogP contribution < -0.4 is 4.74 Å². The van der Waals surface area contributed by atoms with E-state index < -0.39 is 6.10 Å². The summed E-state index contributed by atoms with van der Waals surface area (Å²) in [5.74, 6) is 0.939. The number of rotatable bonds is 3. The molecule has 2 aromatic rings. The second-order valence-corrected chi connectivity index (χ2v) is 6.64. The molecule has 2 heterocycles. The molecule has 0 saturated carbocycles. The van der Waals surface area contributed by atoms with Crippen molar-refractivity contribution < 1.29 is 9.84 Å². The van der Waals surface area contributed by atoms with E-state index in [1.165, 1.54) is 5.56 Å². The van der Waals surface area contributed by atoms with Crippen molar-refractivity contribution in [2.75, 3.05) is 6.61 Å². The fraction of sp³-hybridized carbons (Fsp3) is 0.357. The third-order valence-corrected chi connectivity index (χ3v) is 4.47. The van der Waals surface area contributed by atoms with Gasteiger partial charge in [-0.15, -0.1) is 11.3 Å². The molecule has 0 radical (unpaired) electrons. The number of aromatic nitrogens is 1. The van der Waals surface area contributed by atoms with Crippen LogP contribution in [0.1, 0.15) is 27.9 Å². The van der Waals surface area contributed by atoms with Gasteiger partial charge >= 0.3 is 0 Å². The smallest absolute Gasteiger partial charge is 0.125 e. The summed E-state index contributed by atoms with van der Waals surface area (Å²) >= 11 is 5.08. The van der Waals surface area contributed by atoms with Gasteiger partial charge in [0.05, 0.1) is 17.3 Å². The van der Waals surface area contributed by atoms with E-state index in [1.807, 2.05) is 18.4 Å². The Labute approximate surface area is 124 Å². The van der Waals surface area contributed by atoms with E-state index in [2.05, 4.69) is 27.0 Å². The lowest BCUT2D eigenvalue weighted by Gasteiger charge is -2.12. The predicted molar refractivity (Wildman–Crippen MR) is 78.9 cm³/mol. The summed E-state index contributed by atoms with van der Waals surface area (Å²) in [5, 5.41) is 13.2. The first-order valence-corrected chi connectivity index (χ1v) is 7.85. The maximum absolute atomic E-state index is 10.3. The number of fused-ring (bicyclic) bond motifs is 1. The first kappa shape index (κ1) is 13.1. The van der Waals surface area contributed by atoms with Crippen molar-refractivity contribution in [2.45, 2.75) is 25.9 Å². The van der Waals surface area contributed by atoms with Crippen LogP contribution in [-0.2, 0) is 12.8 Å². The molecule has 1 aliphatic rings. The number of aliphatic hydroxyl groups excluding tert-OH is 1. The van der Waals surface area contributed by atoms with Gasteiger partial charge in [0.15, 0.2) is 0 Å². The van der Waals surface area contributed by atoms with Crippen molar-refractivity contribution in [1.29, 1.82) is 0 Å². The minimum atomic E-state index is -0.576. The second kappa shape index (κ2) is 5.23. The summed E-state index contributed by atoms with van der Waals surface area (Å²) in [4.78, 5) is 4.34. The van der Waals surface area contributed by atoms with Crippen LogP contribution in [-0.4, -0.2) is 16.7 Å². The maximum Gasteiger partial charge on any atom is 0.125 e. The molecule has 0 saturated heterocycles. The van der Waals surface area contributed by atoms with Crippen LogP contribution in [0.3, 0.4) is 0 Å². The maximum atomic E-state index is 10.3. The van der Waals surface area contributed by atoms with E-state index in [-0.39, 0.29) is 0 Å². The van der Waals surface area contributed by atoms with E-state index in [9.17, 15) is 5.11 Å². The van der Waals surface area contributed by atoms with Crippen molar-refractivity contribution in [3.8, 4) is 5.75 Å². The minimum Gasteiger partial charge on any atom is -0.493 e. The van der Waals surface area contributed by atoms with Gasteiger partial charge in [0.1, 0.15) is 11.9 Å². The van der Waals surface area contributed by atoms with Crippen molar-refractivity contribution in [3.05, 3.63) is 43.8 Å². The van der Waals surface area contributed by atoms with E-state index in [0.717, 1.165) is 39.5 Å². The molecule has 1 unspecified atom stereocenters. The van der Waals surface area contributed by atoms with Gasteiger partial charge in [-0.05, 0) is 30.2 Å². The number of hydrogen-bond acceptors (Lipinski definition) is 4. The number of thiazole rings is 1. The summed E-state index contributed by atoms with van der Waals surface area (Å²) in [6.07, 6.45) is 0.895. The zero-order valence-electron chi connectivity index (χ0n) is 10.5. The largest absolute Gasteiger partial charge is 0.493 e. The number of aliphatic hydroxyl groups is 1. The van der Waals surface area contributed by atoms with Crippen LogP contribution in [0.5, 0.6) is 5.75 Å². The second-order valence-electron chi connectivity index (χ2n) is 4.66. The molecule has 0 bridgehead atoms. The monoisotopic (exact) mass is 339 g/mol. The Bertz CT molecular complexity index is 611. The highest BCUT2D eigenvalue weighted by molar-refractivity contribution is 9.10. The Morgan fingerprint density at radius 3 is 3.11 bits per heavy atom. The third kappa shape index (κ3) is 2.68. The molecule has 5 heteroatoms. The van der Waals surface area contributed by atoms with E-state index in [0.29, 0.717) is 6.42 Å². The lowest BCUT2D eigenvalue weighted by molar-refractivity contribution is 0.173. The van der Waals surface area contributed by atoms with Gasteiger partial charge in [-0.3, -0.25) is 0 Å². The Balaban J connectivity index is 1.87. The Morgan fingerprint density at radius 2 is 2.37 bits per heavy atom. The normalized spacial score (nSPS) is 15.1. The zero-order chi connectivity index (χ0) is 13.4. The van der Waals surface area contributed by atoms with Crippen molar-refractivity contribution in [1.82, 2.24) is 4.98 Å². The molecule has 3 rings (SSSR count). The SMILES string of the molecule is Cc1nc(C(O)Cc2cc(Br)cc3c2OCC3)cs1. The number of nitrogens with zero attached hydrogens (tertiary/aromatic N) is 1. The van der Waals surface area contributed by atoms with Crippen molar-refractivity contribution in [2.24, 2.45) is 0 Å². The average Bonchev–Trinajstić information content (AvgIpc) is 2.97. The van der Waals surface area contributed by atoms with Gasteiger partial charge in [0.25, 0.3) is 0 Å². The molecule has 3 nitrogen and oxygen atoms in total. The van der Waals surface area contributed by atoms with Crippen LogP contribution in [0.2, 0.25) is 0 Å². The number of benzene rings is 1. The molecule has 0 fully saturated rings. The molecule has 0 amide bonds. The van der Waals surface area contributed by atoms with Gasteiger partial charge in [-0.2, -0.15) is 0 Å². The van der Waals surface area contributed by atoms with Gasteiger partial charge in [-0.1, -0.05) is 15.9 Å². The van der Waals surface area contributed by atoms with Gasteiger partial charge < -0.3 is 9.84 Å². The molecule has 100 valence electrons. The summed E-state index contributed by atoms with van der Waals surface area (Å²) in [7, 11) is 0. The van der Waals surface area contributed by atoms with Crippen LogP contribution in [0.25, 0.3) is 0 Å². The summed E-state index contributed by atoms with van der Waals surface area (Å²) in [6.45, 7) is 2.67. The summed E-state index contributed by atoms with van der Waals surface area (Å²) < 4.78 is 6.71. The molecule has 1 aromatic carbocycles. The van der Waals surface area contributed by atoms with Crippen LogP contribution in [0, 0.1) is 6.92 Å². The van der Waals surface area contributed by atoms with Crippen molar-refractivity contribution >= 4 is 27.3 Å². The van der Waals surface area contributed by atoms with Gasteiger partial charge in [0.2, 0.25) is 0 Å². The van der Waals surface area contributed by atoms with Crippen molar-refractivity contribution in [3.63, 3.8) is 0 Å². The fourth-order valence-electron chi connectivity index (χ4n) is 2.34. The minimum absolute atomic E-state index is 0.533. The predicted octanol–water partition coefficient (Wildman–Crippen LogP) is 3.43. The number of aryl methyl sites for hydroxylation is 1. The third-order valence-electron chi connectivity index (χ3n) is 3.22. The van der Waals surface area contributed by atoms with E-state index in [4.69, 9.17) is 4.74 Å². The van der Waals surface area contributed by atoms with Crippen LogP contribution in [0.4, 0.5) is 0 Å². The highest BCUT2D eigenvalue weighted by Crippen LogP contribution is 2.35. The number of hydrogen-bond donors (Lipinski definition) is 1. The standard InChI is InChI=1S/C14H14BrNO2S/c1-8-16-12(7-19-8)13(17)6-10-5-11(15)4-9-2-3-18-14(9)10/h4-5,7,13,17H,2-3,6H2,1H3. The van der Waals surface area contributed by atoms with E-state index in [1.54, 1.807) is 11.3 Å². The first-order chi connectivity index (χ1) is 9.13. The Kier molecular flexibility index (Phi) is 3.60. The Hall–Kier alpha value is -0.910. The molecular formula is C14H14BrNO2S. The molecule has 1 aliphatic heterocycles. The molecule has 19 heavy (non-hydrogen) atoms. The number of halogens is 1. The molecule has 1 N–H and O–H groups in total. The lowest BCUT2D eigenvalue weighted by Crippen LogP contribution is -2.04. The molecule has 1 atom stereocenters. The molecular weight excluding hydrogens is 326 g/mol. The van der Waals surface area contributed by atoms with E-state index >= 15 is 0 Å². The quantitative estimate of drug-likeness (QED) is 0.931. The molecule has 0 spiro atoms. The summed E-state index contributed by atoms with van der Waals surface area (Å²) in [5.41, 5.74) is 3.00. The lowest BCUT2D eigenvalue weighted by atomic mass is 10.0. The topological polar surface area (TPSA) is 42.4 Å². The van der Waals surface area contributed by atoms with Crippen LogP contribution >= 0.6 is 27.3 Å². The Morgan fingerprint density at radius 1 is 1.53 bits per heavy atom. The molecule has 1 aromatic heterocycles. The first-order valence-electron chi connectivity index (χ1n) is 6.17. The molecule has 0 aliphatic carbocycles. The highest BCUT2D eigenvalue weighted by Gasteiger charge is 2.20. The zero-order valence-corrected chi connectivity index (χ0v) is 12.9. The fourth-order valence-corrected chi connectivity index (χ4v) is 3.56. The highest BCUT2D eigenvalue weighted by atomic mass is 79.9.